The summed E-state index contributed by atoms with van der Waals surface area (Å²) in [6.45, 7) is 6.71. The molecule has 1 aliphatic heterocycles. The van der Waals surface area contributed by atoms with Crippen LogP contribution < -0.4 is 10.1 Å². The van der Waals surface area contributed by atoms with Crippen LogP contribution in [0.15, 0.2) is 6.20 Å². The molecule has 0 radical (unpaired) electrons. The van der Waals surface area contributed by atoms with E-state index in [0.717, 1.165) is 31.1 Å². The molecule has 2 heterocycles. The van der Waals surface area contributed by atoms with Gasteiger partial charge in [0.05, 0.1) is 12.2 Å². The molecule has 0 unspecified atom stereocenters. The average Bonchev–Trinajstić information content (AvgIpc) is 2.36. The third-order valence-electron chi connectivity index (χ3n) is 2.14. The second-order valence-corrected chi connectivity index (χ2v) is 3.54. The number of hydrogen-bond donors (Lipinski definition) is 1. The molecule has 0 saturated heterocycles. The van der Waals surface area contributed by atoms with Crippen LogP contribution in [0, 0.1) is 0 Å². The van der Waals surface area contributed by atoms with Crippen LogP contribution in [0.5, 0.6) is 5.88 Å². The third kappa shape index (κ3) is 1.54. The van der Waals surface area contributed by atoms with Gasteiger partial charge in [-0.15, -0.1) is 0 Å². The van der Waals surface area contributed by atoms with Gasteiger partial charge < -0.3 is 10.1 Å². The summed E-state index contributed by atoms with van der Waals surface area (Å²) in [6, 6.07) is 0.363. The highest BCUT2D eigenvalue weighted by Gasteiger charge is 2.16. The molecule has 0 aromatic carbocycles. The standard InChI is InChI=1S/C9H15N3O/c1-7(2)12-9-8(6-11-12)5-10-3-4-13-9/h6-7,10H,3-5H2,1-2H3. The van der Waals surface area contributed by atoms with Gasteiger partial charge in [0.25, 0.3) is 0 Å². The van der Waals surface area contributed by atoms with E-state index >= 15 is 0 Å². The van der Waals surface area contributed by atoms with Crippen molar-refractivity contribution in [3.8, 4) is 5.88 Å². The third-order valence-corrected chi connectivity index (χ3v) is 2.14. The summed E-state index contributed by atoms with van der Waals surface area (Å²) < 4.78 is 7.55. The monoisotopic (exact) mass is 181 g/mol. The highest BCUT2D eigenvalue weighted by atomic mass is 16.5. The SMILES string of the molecule is CC(C)n1ncc2c1OCCNC2. The Bertz CT molecular complexity index is 293. The van der Waals surface area contributed by atoms with Crippen LogP contribution in [-0.2, 0) is 6.54 Å². The quantitative estimate of drug-likeness (QED) is 0.701. The zero-order valence-electron chi connectivity index (χ0n) is 8.08. The van der Waals surface area contributed by atoms with Crippen LogP contribution in [0.1, 0.15) is 25.5 Å². The number of ether oxygens (including phenoxy) is 1. The fourth-order valence-electron chi connectivity index (χ4n) is 1.48. The van der Waals surface area contributed by atoms with Crippen molar-refractivity contribution in [1.29, 1.82) is 0 Å². The number of hydrogen-bond acceptors (Lipinski definition) is 3. The minimum atomic E-state index is 0.363. The van der Waals surface area contributed by atoms with Crippen LogP contribution in [0.2, 0.25) is 0 Å². The lowest BCUT2D eigenvalue weighted by Crippen LogP contribution is -2.17. The minimum absolute atomic E-state index is 0.363. The zero-order chi connectivity index (χ0) is 9.26. The molecule has 4 nitrogen and oxygen atoms in total. The Hall–Kier alpha value is -1.03. The second kappa shape index (κ2) is 3.38. The first kappa shape index (κ1) is 8.56. The van der Waals surface area contributed by atoms with Gasteiger partial charge >= 0.3 is 0 Å². The van der Waals surface area contributed by atoms with Gasteiger partial charge in [-0.3, -0.25) is 0 Å². The Morgan fingerprint density at radius 3 is 3.23 bits per heavy atom. The van der Waals surface area contributed by atoms with Crippen molar-refractivity contribution in [2.45, 2.75) is 26.4 Å². The summed E-state index contributed by atoms with van der Waals surface area (Å²) >= 11 is 0. The van der Waals surface area contributed by atoms with Crippen molar-refractivity contribution >= 4 is 0 Å². The van der Waals surface area contributed by atoms with Crippen LogP contribution in [0.25, 0.3) is 0 Å². The maximum absolute atomic E-state index is 5.62. The average molecular weight is 181 g/mol. The fourth-order valence-corrected chi connectivity index (χ4v) is 1.48. The summed E-state index contributed by atoms with van der Waals surface area (Å²) in [7, 11) is 0. The predicted octanol–water partition coefficient (Wildman–Crippen LogP) is 0.946. The predicted molar refractivity (Wildman–Crippen MR) is 49.8 cm³/mol. The summed E-state index contributed by atoms with van der Waals surface area (Å²) in [6.07, 6.45) is 1.88. The highest BCUT2D eigenvalue weighted by Crippen LogP contribution is 2.23. The summed E-state index contributed by atoms with van der Waals surface area (Å²) in [4.78, 5) is 0. The van der Waals surface area contributed by atoms with Crippen LogP contribution in [-0.4, -0.2) is 22.9 Å². The summed E-state index contributed by atoms with van der Waals surface area (Å²) in [5, 5.41) is 7.57. The zero-order valence-corrected chi connectivity index (χ0v) is 8.08. The van der Waals surface area contributed by atoms with E-state index in [0.29, 0.717) is 6.04 Å². The molecule has 0 saturated carbocycles. The summed E-state index contributed by atoms with van der Waals surface area (Å²) in [5.41, 5.74) is 1.16. The Balaban J connectivity index is 2.34. The molecule has 0 atom stereocenters. The van der Waals surface area contributed by atoms with Gasteiger partial charge in [0.15, 0.2) is 0 Å². The Morgan fingerprint density at radius 1 is 1.62 bits per heavy atom. The van der Waals surface area contributed by atoms with Gasteiger partial charge in [0.1, 0.15) is 6.61 Å². The van der Waals surface area contributed by atoms with Crippen LogP contribution in [0.3, 0.4) is 0 Å². The molecular weight excluding hydrogens is 166 g/mol. The molecular formula is C9H15N3O. The van der Waals surface area contributed by atoms with E-state index in [-0.39, 0.29) is 0 Å². The minimum Gasteiger partial charge on any atom is -0.476 e. The number of aromatic nitrogens is 2. The van der Waals surface area contributed by atoms with Gasteiger partial charge in [-0.05, 0) is 13.8 Å². The molecule has 0 aliphatic carbocycles. The molecule has 1 aromatic heterocycles. The first-order valence-electron chi connectivity index (χ1n) is 4.69. The van der Waals surface area contributed by atoms with E-state index in [1.54, 1.807) is 0 Å². The molecule has 1 aliphatic rings. The first-order chi connectivity index (χ1) is 6.29. The molecule has 72 valence electrons. The van der Waals surface area contributed by atoms with Gasteiger partial charge in [0.2, 0.25) is 5.88 Å². The van der Waals surface area contributed by atoms with Crippen molar-refractivity contribution in [1.82, 2.24) is 15.1 Å². The van der Waals surface area contributed by atoms with Crippen LogP contribution in [0.4, 0.5) is 0 Å². The Labute approximate surface area is 77.9 Å². The van der Waals surface area contributed by atoms with Crippen molar-refractivity contribution in [2.24, 2.45) is 0 Å². The Kier molecular flexibility index (Phi) is 2.22. The highest BCUT2D eigenvalue weighted by molar-refractivity contribution is 5.25. The molecule has 1 aromatic rings. The van der Waals surface area contributed by atoms with E-state index in [2.05, 4.69) is 24.3 Å². The molecule has 0 bridgehead atoms. The molecule has 4 heteroatoms. The van der Waals surface area contributed by atoms with Crippen molar-refractivity contribution in [3.63, 3.8) is 0 Å². The molecule has 13 heavy (non-hydrogen) atoms. The number of nitrogens with zero attached hydrogens (tertiary/aromatic N) is 2. The Morgan fingerprint density at radius 2 is 2.46 bits per heavy atom. The molecule has 0 amide bonds. The van der Waals surface area contributed by atoms with E-state index in [9.17, 15) is 0 Å². The van der Waals surface area contributed by atoms with Crippen molar-refractivity contribution in [3.05, 3.63) is 11.8 Å². The van der Waals surface area contributed by atoms with Crippen LogP contribution >= 0.6 is 0 Å². The van der Waals surface area contributed by atoms with E-state index in [1.165, 1.54) is 0 Å². The van der Waals surface area contributed by atoms with Crippen molar-refractivity contribution in [2.75, 3.05) is 13.2 Å². The van der Waals surface area contributed by atoms with Gasteiger partial charge in [-0.2, -0.15) is 5.10 Å². The van der Waals surface area contributed by atoms with E-state index in [1.807, 2.05) is 10.9 Å². The van der Waals surface area contributed by atoms with Crippen molar-refractivity contribution < 1.29 is 4.74 Å². The molecule has 0 spiro atoms. The number of rotatable bonds is 1. The lowest BCUT2D eigenvalue weighted by Gasteiger charge is -2.10. The summed E-state index contributed by atoms with van der Waals surface area (Å²) in [5.74, 6) is 0.931. The smallest absolute Gasteiger partial charge is 0.216 e. The van der Waals surface area contributed by atoms with Gasteiger partial charge in [-0.1, -0.05) is 0 Å². The molecule has 1 N–H and O–H groups in total. The maximum atomic E-state index is 5.62. The van der Waals surface area contributed by atoms with Gasteiger partial charge in [-0.25, -0.2) is 4.68 Å². The molecule has 0 fully saturated rings. The molecule has 2 rings (SSSR count). The number of nitrogens with one attached hydrogen (secondary N) is 1. The lowest BCUT2D eigenvalue weighted by molar-refractivity contribution is 0.283. The van der Waals surface area contributed by atoms with E-state index < -0.39 is 0 Å². The fraction of sp³-hybridized carbons (Fsp3) is 0.667. The topological polar surface area (TPSA) is 39.1 Å². The maximum Gasteiger partial charge on any atom is 0.216 e. The van der Waals surface area contributed by atoms with E-state index in [4.69, 9.17) is 4.74 Å². The largest absolute Gasteiger partial charge is 0.476 e. The first-order valence-corrected chi connectivity index (χ1v) is 4.69. The lowest BCUT2D eigenvalue weighted by atomic mass is 10.3. The number of fused-ring (bicyclic) bond motifs is 1. The normalized spacial score (nSPS) is 16.5. The van der Waals surface area contributed by atoms with Gasteiger partial charge in [0, 0.05) is 18.7 Å². The second-order valence-electron chi connectivity index (χ2n) is 3.54.